The van der Waals surface area contributed by atoms with Crippen LogP contribution in [-0.4, -0.2) is 30.6 Å². The molecule has 2 aromatic carbocycles. The maximum Gasteiger partial charge on any atom is 0.308 e. The number of halogens is 1. The molecule has 0 spiro atoms. The second-order valence-corrected chi connectivity index (χ2v) is 6.75. The maximum absolute atomic E-state index is 13.1. The van der Waals surface area contributed by atoms with Crippen LogP contribution in [0.3, 0.4) is 0 Å². The largest absolute Gasteiger partial charge is 0.497 e. The van der Waals surface area contributed by atoms with Crippen LogP contribution < -0.4 is 10.1 Å². The Kier molecular flexibility index (Phi) is 7.32. The number of esters is 1. The van der Waals surface area contributed by atoms with Gasteiger partial charge in [0.05, 0.1) is 37.4 Å². The van der Waals surface area contributed by atoms with E-state index in [-0.39, 0.29) is 24.8 Å². The molecule has 1 aromatic heterocycles. The van der Waals surface area contributed by atoms with Gasteiger partial charge in [0.1, 0.15) is 11.6 Å². The van der Waals surface area contributed by atoms with E-state index >= 15 is 0 Å². The molecule has 1 heterocycles. The monoisotopic (exact) mass is 422 g/mol. The zero-order valence-corrected chi connectivity index (χ0v) is 17.3. The van der Waals surface area contributed by atoms with Crippen molar-refractivity contribution in [3.63, 3.8) is 0 Å². The van der Waals surface area contributed by atoms with Gasteiger partial charge in [0, 0.05) is 11.8 Å². The van der Waals surface area contributed by atoms with Crippen LogP contribution in [0.25, 0.3) is 11.3 Å². The van der Waals surface area contributed by atoms with Gasteiger partial charge in [0.15, 0.2) is 0 Å². The van der Waals surface area contributed by atoms with Gasteiger partial charge in [-0.05, 0) is 61.0 Å². The van der Waals surface area contributed by atoms with Gasteiger partial charge < -0.3 is 14.8 Å². The molecule has 1 atom stereocenters. The standard InChI is InChI=1S/C24H23FN2O4/c1-3-31-23(28)14-22(17-6-11-20(30-2)12-7-17)27-24(29)18-8-13-21(26-15-18)16-4-9-19(25)10-5-16/h4-13,15,22H,3,14H2,1-2H3,(H,27,29). The Bertz CT molecular complexity index is 1020. The molecule has 0 aliphatic heterocycles. The fourth-order valence-corrected chi connectivity index (χ4v) is 3.04. The molecule has 31 heavy (non-hydrogen) atoms. The molecule has 1 amide bonds. The van der Waals surface area contributed by atoms with Gasteiger partial charge in [-0.15, -0.1) is 0 Å². The fourth-order valence-electron chi connectivity index (χ4n) is 3.04. The lowest BCUT2D eigenvalue weighted by molar-refractivity contribution is -0.143. The Morgan fingerprint density at radius 3 is 2.32 bits per heavy atom. The first kappa shape index (κ1) is 22.0. The number of hydrogen-bond acceptors (Lipinski definition) is 5. The molecule has 0 aliphatic rings. The van der Waals surface area contributed by atoms with Crippen LogP contribution in [0.4, 0.5) is 4.39 Å². The van der Waals surface area contributed by atoms with Crippen molar-refractivity contribution in [2.75, 3.05) is 13.7 Å². The zero-order valence-electron chi connectivity index (χ0n) is 17.3. The van der Waals surface area contributed by atoms with Gasteiger partial charge in [0.2, 0.25) is 0 Å². The Morgan fingerprint density at radius 2 is 1.74 bits per heavy atom. The van der Waals surface area contributed by atoms with E-state index in [1.54, 1.807) is 62.6 Å². The molecule has 6 nitrogen and oxygen atoms in total. The molecule has 3 rings (SSSR count). The second-order valence-electron chi connectivity index (χ2n) is 6.75. The smallest absolute Gasteiger partial charge is 0.308 e. The minimum absolute atomic E-state index is 0.00694. The second kappa shape index (κ2) is 10.3. The normalized spacial score (nSPS) is 11.5. The number of aromatic nitrogens is 1. The lowest BCUT2D eigenvalue weighted by Crippen LogP contribution is -2.30. The first-order chi connectivity index (χ1) is 15.0. The number of carbonyl (C=O) groups excluding carboxylic acids is 2. The Morgan fingerprint density at radius 1 is 1.03 bits per heavy atom. The molecule has 160 valence electrons. The fraction of sp³-hybridized carbons (Fsp3) is 0.208. The molecular formula is C24H23FN2O4. The van der Waals surface area contributed by atoms with E-state index in [1.165, 1.54) is 18.3 Å². The summed E-state index contributed by atoms with van der Waals surface area (Å²) in [5.74, 6) is -0.437. The van der Waals surface area contributed by atoms with Gasteiger partial charge in [-0.2, -0.15) is 0 Å². The molecule has 0 aliphatic carbocycles. The van der Waals surface area contributed by atoms with Crippen LogP contribution >= 0.6 is 0 Å². The van der Waals surface area contributed by atoms with E-state index in [4.69, 9.17) is 9.47 Å². The number of pyridine rings is 1. The van der Waals surface area contributed by atoms with Gasteiger partial charge in [-0.1, -0.05) is 12.1 Å². The quantitative estimate of drug-likeness (QED) is 0.547. The summed E-state index contributed by atoms with van der Waals surface area (Å²) in [6.07, 6.45) is 1.44. The van der Waals surface area contributed by atoms with Crippen molar-refractivity contribution in [1.29, 1.82) is 0 Å². The van der Waals surface area contributed by atoms with Crippen LogP contribution in [0.15, 0.2) is 66.9 Å². The summed E-state index contributed by atoms with van der Waals surface area (Å²) in [6.45, 7) is 1.99. The first-order valence-electron chi connectivity index (χ1n) is 9.82. The first-order valence-corrected chi connectivity index (χ1v) is 9.82. The van der Waals surface area contributed by atoms with E-state index in [2.05, 4.69) is 10.3 Å². The molecule has 0 saturated heterocycles. The van der Waals surface area contributed by atoms with Gasteiger partial charge in [0.25, 0.3) is 5.91 Å². The molecule has 0 radical (unpaired) electrons. The van der Waals surface area contributed by atoms with Crippen molar-refractivity contribution in [1.82, 2.24) is 10.3 Å². The topological polar surface area (TPSA) is 77.5 Å². The number of amides is 1. The SMILES string of the molecule is CCOC(=O)CC(NC(=O)c1ccc(-c2ccc(F)cc2)nc1)c1ccc(OC)cc1. The van der Waals surface area contributed by atoms with E-state index in [9.17, 15) is 14.0 Å². The van der Waals surface area contributed by atoms with Crippen molar-refractivity contribution in [3.8, 4) is 17.0 Å². The average molecular weight is 422 g/mol. The van der Waals surface area contributed by atoms with Gasteiger partial charge in [-0.3, -0.25) is 14.6 Å². The van der Waals surface area contributed by atoms with Gasteiger partial charge in [-0.25, -0.2) is 4.39 Å². The summed E-state index contributed by atoms with van der Waals surface area (Å²) in [5, 5.41) is 2.87. The molecule has 0 bridgehead atoms. The van der Waals surface area contributed by atoms with Crippen molar-refractivity contribution in [3.05, 3.63) is 83.8 Å². The number of ether oxygens (including phenoxy) is 2. The van der Waals surface area contributed by atoms with E-state index in [0.29, 0.717) is 17.0 Å². The van der Waals surface area contributed by atoms with Crippen LogP contribution in [-0.2, 0) is 9.53 Å². The van der Waals surface area contributed by atoms with Crippen LogP contribution in [0.2, 0.25) is 0 Å². The molecule has 7 heteroatoms. The van der Waals surface area contributed by atoms with Crippen molar-refractivity contribution in [2.24, 2.45) is 0 Å². The summed E-state index contributed by atoms with van der Waals surface area (Å²) in [6, 6.07) is 15.8. The Labute approximate surface area is 180 Å². The number of methoxy groups -OCH3 is 1. The zero-order chi connectivity index (χ0) is 22.2. The third kappa shape index (κ3) is 5.88. The highest BCUT2D eigenvalue weighted by Crippen LogP contribution is 2.22. The molecule has 0 fully saturated rings. The Balaban J connectivity index is 1.76. The van der Waals surface area contributed by atoms with Crippen molar-refractivity contribution >= 4 is 11.9 Å². The molecule has 3 aromatic rings. The minimum atomic E-state index is -0.575. The van der Waals surface area contributed by atoms with Crippen molar-refractivity contribution in [2.45, 2.75) is 19.4 Å². The van der Waals surface area contributed by atoms with Crippen LogP contribution in [0.1, 0.15) is 35.3 Å². The number of hydrogen-bond donors (Lipinski definition) is 1. The predicted molar refractivity (Wildman–Crippen MR) is 114 cm³/mol. The summed E-state index contributed by atoms with van der Waals surface area (Å²) < 4.78 is 23.3. The number of nitrogens with one attached hydrogen (secondary N) is 1. The number of nitrogens with zero attached hydrogens (tertiary/aromatic N) is 1. The molecular weight excluding hydrogens is 399 g/mol. The van der Waals surface area contributed by atoms with Crippen LogP contribution in [0.5, 0.6) is 5.75 Å². The lowest BCUT2D eigenvalue weighted by atomic mass is 10.0. The summed E-state index contributed by atoms with van der Waals surface area (Å²) in [4.78, 5) is 29.2. The van der Waals surface area contributed by atoms with Crippen molar-refractivity contribution < 1.29 is 23.5 Å². The maximum atomic E-state index is 13.1. The highest BCUT2D eigenvalue weighted by Gasteiger charge is 2.20. The molecule has 1 N–H and O–H groups in total. The Hall–Kier alpha value is -3.74. The summed E-state index contributed by atoms with van der Waals surface area (Å²) in [7, 11) is 1.56. The number of carbonyl (C=O) groups is 2. The third-order valence-corrected chi connectivity index (χ3v) is 4.67. The lowest BCUT2D eigenvalue weighted by Gasteiger charge is -2.19. The number of benzene rings is 2. The summed E-state index contributed by atoms with van der Waals surface area (Å²) in [5.41, 5.74) is 2.45. The third-order valence-electron chi connectivity index (χ3n) is 4.67. The average Bonchev–Trinajstić information content (AvgIpc) is 2.79. The molecule has 1 unspecified atom stereocenters. The van der Waals surface area contributed by atoms with Gasteiger partial charge >= 0.3 is 5.97 Å². The highest BCUT2D eigenvalue weighted by molar-refractivity contribution is 5.94. The number of rotatable bonds is 8. The highest BCUT2D eigenvalue weighted by atomic mass is 19.1. The predicted octanol–water partition coefficient (Wildman–Crippen LogP) is 4.32. The van der Waals surface area contributed by atoms with E-state index in [0.717, 1.165) is 11.1 Å². The minimum Gasteiger partial charge on any atom is -0.497 e. The van der Waals surface area contributed by atoms with E-state index < -0.39 is 12.0 Å². The summed E-state index contributed by atoms with van der Waals surface area (Å²) >= 11 is 0. The van der Waals surface area contributed by atoms with Crippen LogP contribution in [0, 0.1) is 5.82 Å². The molecule has 0 saturated carbocycles. The van der Waals surface area contributed by atoms with E-state index in [1.807, 2.05) is 0 Å².